The Morgan fingerprint density at radius 2 is 1.13 bits per heavy atom. The molecule has 0 unspecified atom stereocenters. The van der Waals surface area contributed by atoms with Gasteiger partial charge in [-0.15, -0.1) is 30.6 Å². The van der Waals surface area contributed by atoms with Gasteiger partial charge in [0, 0.05) is 51.2 Å². The molecule has 348 valence electrons. The van der Waals surface area contributed by atoms with Crippen molar-refractivity contribution in [1.82, 2.24) is 90.0 Å². The van der Waals surface area contributed by atoms with E-state index in [4.69, 9.17) is 0 Å². The molecule has 0 saturated heterocycles. The number of hydrogen-bond acceptors (Lipinski definition) is 12. The molecule has 0 aliphatic carbocycles. The molecule has 0 N–H and O–H groups in total. The minimum Gasteiger partial charge on any atom is -0.276 e. The van der Waals surface area contributed by atoms with Gasteiger partial charge in [0.15, 0.2) is 11.6 Å². The van der Waals surface area contributed by atoms with E-state index in [0.717, 1.165) is 17.3 Å². The lowest BCUT2D eigenvalue weighted by atomic mass is 10.1. The number of rotatable bonds is 6. The third-order valence-electron chi connectivity index (χ3n) is 7.88. The van der Waals surface area contributed by atoms with E-state index in [0.29, 0.717) is 35.8 Å². The van der Waals surface area contributed by atoms with E-state index >= 15 is 0 Å². The maximum Gasteiger partial charge on any atom is 0.177 e. The van der Waals surface area contributed by atoms with E-state index in [1.807, 2.05) is 143 Å². The molecule has 6 heterocycles. The van der Waals surface area contributed by atoms with Gasteiger partial charge in [0.05, 0.1) is 43.1 Å². The van der Waals surface area contributed by atoms with E-state index < -0.39 is 0 Å². The van der Waals surface area contributed by atoms with Gasteiger partial charge in [0.1, 0.15) is 0 Å². The van der Waals surface area contributed by atoms with Gasteiger partial charge in [-0.2, -0.15) is 19.8 Å². The molecule has 0 atom stereocenters. The molecule has 0 fully saturated rings. The second-order valence-corrected chi connectivity index (χ2v) is 14.9. The number of aromatic nitrogens is 18. The van der Waals surface area contributed by atoms with E-state index in [9.17, 15) is 0 Å². The molecular formula is C43H86N18. The van der Waals surface area contributed by atoms with Gasteiger partial charge in [-0.25, -0.2) is 0 Å². The summed E-state index contributed by atoms with van der Waals surface area (Å²) >= 11 is 0. The first kappa shape index (κ1) is 60.1. The van der Waals surface area contributed by atoms with Gasteiger partial charge < -0.3 is 0 Å². The molecule has 61 heavy (non-hydrogen) atoms. The van der Waals surface area contributed by atoms with Gasteiger partial charge in [0.2, 0.25) is 0 Å². The van der Waals surface area contributed by atoms with Crippen LogP contribution < -0.4 is 0 Å². The monoisotopic (exact) mass is 855 g/mol. The number of nitrogens with zero attached hydrogens (tertiary/aromatic N) is 18. The van der Waals surface area contributed by atoms with Gasteiger partial charge in [-0.05, 0) is 87.8 Å². The van der Waals surface area contributed by atoms with Crippen LogP contribution in [0.25, 0.3) is 0 Å². The first-order chi connectivity index (χ1) is 28.7. The van der Waals surface area contributed by atoms with Crippen molar-refractivity contribution in [1.29, 1.82) is 0 Å². The number of hydrogen-bond donors (Lipinski definition) is 0. The molecule has 18 nitrogen and oxygen atoms in total. The molecule has 0 aliphatic heterocycles. The summed E-state index contributed by atoms with van der Waals surface area (Å²) in [6, 6.07) is 0.740. The largest absolute Gasteiger partial charge is 0.276 e. The maximum absolute atomic E-state index is 4.15. The number of tetrazole rings is 2. The molecule has 6 aromatic heterocycles. The van der Waals surface area contributed by atoms with Crippen LogP contribution >= 0.6 is 0 Å². The third-order valence-corrected chi connectivity index (χ3v) is 7.88. The van der Waals surface area contributed by atoms with Crippen LogP contribution in [0.1, 0.15) is 200 Å². The summed E-state index contributed by atoms with van der Waals surface area (Å²) in [5.74, 6) is 3.60. The SMILES string of the molecule is CC.CC.CC.CC(C)c1cnn(C)c1.CC(C)c1nnn(C)n1.CC(C)n1ccnn1.Cc1c(C(C)C)cnn1C.Cc1nnn(C(C)C)n1.Cc1nnn(C)c1C(C)C. The quantitative estimate of drug-likeness (QED) is 0.155. The zero-order valence-corrected chi connectivity index (χ0v) is 42.9. The third kappa shape index (κ3) is 24.6. The summed E-state index contributed by atoms with van der Waals surface area (Å²) in [4.78, 5) is 3.06. The highest BCUT2D eigenvalue weighted by Crippen LogP contribution is 2.17. The second kappa shape index (κ2) is 33.5. The Labute approximate surface area is 369 Å². The Hall–Kier alpha value is -5.16. The molecule has 6 rings (SSSR count). The van der Waals surface area contributed by atoms with Crippen LogP contribution in [0.3, 0.4) is 0 Å². The molecule has 18 heteroatoms. The molecule has 0 aliphatic rings. The van der Waals surface area contributed by atoms with Crippen LogP contribution in [0.4, 0.5) is 0 Å². The fourth-order valence-corrected chi connectivity index (χ4v) is 4.62. The van der Waals surface area contributed by atoms with Crippen molar-refractivity contribution in [3.63, 3.8) is 0 Å². The topological polar surface area (TPSA) is 184 Å². The van der Waals surface area contributed by atoms with Crippen molar-refractivity contribution in [3.8, 4) is 0 Å². The molecule has 0 saturated carbocycles. The zero-order chi connectivity index (χ0) is 48.0. The highest BCUT2D eigenvalue weighted by molar-refractivity contribution is 5.19. The lowest BCUT2D eigenvalue weighted by molar-refractivity contribution is 0.454. The van der Waals surface area contributed by atoms with Crippen molar-refractivity contribution in [2.24, 2.45) is 28.2 Å². The smallest absolute Gasteiger partial charge is 0.177 e. The average Bonchev–Trinajstić information content (AvgIpc) is 4.08. The maximum atomic E-state index is 4.15. The van der Waals surface area contributed by atoms with E-state index in [2.05, 4.69) is 124 Å². The number of aryl methyl sites for hydroxylation is 6. The zero-order valence-electron chi connectivity index (χ0n) is 42.9. The lowest BCUT2D eigenvalue weighted by Crippen LogP contribution is -2.04. The Morgan fingerprint density at radius 3 is 1.33 bits per heavy atom. The minimum atomic E-state index is 0.311. The average molecular weight is 855 g/mol. The van der Waals surface area contributed by atoms with Gasteiger partial charge in [0.25, 0.3) is 0 Å². The van der Waals surface area contributed by atoms with E-state index in [-0.39, 0.29) is 0 Å². The summed E-state index contributed by atoms with van der Waals surface area (Å²) < 4.78 is 7.38. The minimum absolute atomic E-state index is 0.311. The highest BCUT2D eigenvalue weighted by atomic mass is 15.6. The Kier molecular flexibility index (Phi) is 33.1. The summed E-state index contributed by atoms with van der Waals surface area (Å²) in [6.45, 7) is 43.1. The standard InChI is InChI=1S/C8H14N2.C7H13N3.C7H12N2.2C5H10N4.C5H9N3.3C2H6/c1-6(2)8-5-9-10(4)7(8)3;1-5(2)7-6(3)8-9-10(7)4;1-6(2)7-4-8-9(3)5-7;1-4(2)5-6-8-9(3)7-5;1-4(2)9-7-5(3)6-8-9;1-5(2)8-4-3-6-7-8;3*1-2/h5-6H,1-4H3;5H,1-4H3;4-6H,1-3H3;2*4H,1-3H3;3-5H,1-2H3;3*1-2H3. The van der Waals surface area contributed by atoms with Crippen molar-refractivity contribution in [2.75, 3.05) is 0 Å². The van der Waals surface area contributed by atoms with Gasteiger partial charge in [-0.3, -0.25) is 18.7 Å². The van der Waals surface area contributed by atoms with Crippen molar-refractivity contribution in [2.45, 2.75) is 181 Å². The predicted octanol–water partition coefficient (Wildman–Crippen LogP) is 9.48. The van der Waals surface area contributed by atoms with Crippen LogP contribution in [0.2, 0.25) is 0 Å². The molecule has 0 aromatic carbocycles. The Bertz CT molecular complexity index is 1740. The Morgan fingerprint density at radius 1 is 0.541 bits per heavy atom. The Balaban J connectivity index is -0.000000646. The first-order valence-corrected chi connectivity index (χ1v) is 21.8. The second-order valence-electron chi connectivity index (χ2n) is 14.9. The summed E-state index contributed by atoms with van der Waals surface area (Å²) in [5.41, 5.74) is 6.19. The molecular weight excluding hydrogens is 769 g/mol. The predicted molar refractivity (Wildman–Crippen MR) is 249 cm³/mol. The molecule has 0 amide bonds. The van der Waals surface area contributed by atoms with Crippen LogP contribution in [0, 0.1) is 20.8 Å². The van der Waals surface area contributed by atoms with E-state index in [1.165, 1.54) is 27.3 Å². The van der Waals surface area contributed by atoms with Crippen LogP contribution in [0.5, 0.6) is 0 Å². The van der Waals surface area contributed by atoms with Crippen molar-refractivity contribution < 1.29 is 0 Å². The van der Waals surface area contributed by atoms with Gasteiger partial charge >= 0.3 is 0 Å². The first-order valence-electron chi connectivity index (χ1n) is 21.8. The van der Waals surface area contributed by atoms with Gasteiger partial charge in [-0.1, -0.05) is 107 Å². The van der Waals surface area contributed by atoms with Crippen LogP contribution in [-0.4, -0.2) is 90.0 Å². The normalized spacial score (nSPS) is 9.95. The van der Waals surface area contributed by atoms with Crippen LogP contribution in [0.15, 0.2) is 31.0 Å². The summed E-state index contributed by atoms with van der Waals surface area (Å²) in [6.07, 6.45) is 9.43. The summed E-state index contributed by atoms with van der Waals surface area (Å²) in [5, 5.41) is 46.5. The lowest BCUT2D eigenvalue weighted by Gasteiger charge is -2.03. The molecule has 6 aromatic rings. The van der Waals surface area contributed by atoms with Crippen LogP contribution in [-0.2, 0) is 28.2 Å². The summed E-state index contributed by atoms with van der Waals surface area (Å²) in [7, 11) is 7.60. The van der Waals surface area contributed by atoms with E-state index in [1.54, 1.807) is 22.7 Å². The molecule has 0 bridgehead atoms. The molecule has 0 radical (unpaired) electrons. The molecule has 0 spiro atoms. The van der Waals surface area contributed by atoms with Crippen molar-refractivity contribution in [3.05, 3.63) is 70.8 Å². The fraction of sp³-hybridized carbons (Fsp3) is 0.721. The highest BCUT2D eigenvalue weighted by Gasteiger charge is 2.09. The van der Waals surface area contributed by atoms with Crippen molar-refractivity contribution >= 4 is 0 Å². The fourth-order valence-electron chi connectivity index (χ4n) is 4.62.